The molecule has 5 heterocycles. The van der Waals surface area contributed by atoms with Crippen molar-refractivity contribution in [1.82, 2.24) is 25.5 Å². The standard InChI is InChI=1S/C22H24N6O2S2/c1-12-23-18-17-14-9-22(2,3)30-10-16(14)32-19(17)27-20(28(18)26-12)24-25-21(27)31-11-15(29)13-7-5-4-6-8-13/h4-8,12,18,23,26H,9-11H2,1-3H3. The average Bonchev–Trinajstić information content (AvgIpc) is 3.46. The molecule has 0 amide bonds. The number of nitrogens with one attached hydrogen (secondary N) is 2. The topological polar surface area (TPSA) is 84.3 Å². The molecule has 2 unspecified atom stereocenters. The smallest absolute Gasteiger partial charge is 0.249 e. The predicted octanol–water partition coefficient (Wildman–Crippen LogP) is 3.43. The Kier molecular flexibility index (Phi) is 4.71. The quantitative estimate of drug-likeness (QED) is 0.445. The third kappa shape index (κ3) is 3.20. The molecule has 1 aromatic carbocycles. The summed E-state index contributed by atoms with van der Waals surface area (Å²) in [7, 11) is 0. The Morgan fingerprint density at radius 2 is 2.12 bits per heavy atom. The van der Waals surface area contributed by atoms with Crippen molar-refractivity contribution in [2.75, 3.05) is 10.8 Å². The minimum absolute atomic E-state index is 0.00518. The SMILES string of the molecule is CC1NC2c3c(sc4c3CC(C)(C)OC4)-n3c(SCC(=O)c4ccccc4)nnc3N2N1. The van der Waals surface area contributed by atoms with E-state index in [2.05, 4.69) is 51.3 Å². The van der Waals surface area contributed by atoms with Gasteiger partial charge in [0.1, 0.15) is 11.2 Å². The highest BCUT2D eigenvalue weighted by Gasteiger charge is 2.45. The van der Waals surface area contributed by atoms with Crippen LogP contribution in [0.25, 0.3) is 5.00 Å². The summed E-state index contributed by atoms with van der Waals surface area (Å²) >= 11 is 3.18. The van der Waals surface area contributed by atoms with Gasteiger partial charge in [0.05, 0.1) is 24.1 Å². The van der Waals surface area contributed by atoms with Crippen LogP contribution in [0.2, 0.25) is 0 Å². The van der Waals surface area contributed by atoms with Crippen molar-refractivity contribution in [3.8, 4) is 5.00 Å². The van der Waals surface area contributed by atoms with E-state index < -0.39 is 0 Å². The molecular formula is C22H24N6O2S2. The van der Waals surface area contributed by atoms with Gasteiger partial charge in [0.25, 0.3) is 0 Å². The number of ketones is 1. The molecule has 0 bridgehead atoms. The summed E-state index contributed by atoms with van der Waals surface area (Å²) in [6.07, 6.45) is 0.964. The highest BCUT2D eigenvalue weighted by molar-refractivity contribution is 7.99. The number of anilines is 1. The van der Waals surface area contributed by atoms with Crippen LogP contribution in [-0.2, 0) is 17.8 Å². The molecule has 3 aromatic rings. The molecule has 166 valence electrons. The molecule has 0 radical (unpaired) electrons. The van der Waals surface area contributed by atoms with E-state index in [9.17, 15) is 4.79 Å². The van der Waals surface area contributed by atoms with Crippen molar-refractivity contribution in [3.63, 3.8) is 0 Å². The molecule has 1 fully saturated rings. The average molecular weight is 469 g/mol. The van der Waals surface area contributed by atoms with Crippen LogP contribution in [0.1, 0.15) is 53.3 Å². The number of nitrogens with zero attached hydrogens (tertiary/aromatic N) is 4. The number of aromatic nitrogens is 3. The van der Waals surface area contributed by atoms with Gasteiger partial charge in [-0.15, -0.1) is 21.5 Å². The highest BCUT2D eigenvalue weighted by Crippen LogP contribution is 2.49. The Labute approximate surface area is 194 Å². The third-order valence-corrected chi connectivity index (χ3v) is 8.18. The Morgan fingerprint density at radius 1 is 1.31 bits per heavy atom. The first-order valence-electron chi connectivity index (χ1n) is 10.7. The Morgan fingerprint density at radius 3 is 2.94 bits per heavy atom. The lowest BCUT2D eigenvalue weighted by molar-refractivity contribution is -0.0385. The van der Waals surface area contributed by atoms with E-state index in [1.807, 2.05) is 30.3 Å². The normalized spacial score (nSPS) is 22.8. The molecule has 0 spiro atoms. The number of hydrogen-bond donors (Lipinski definition) is 2. The van der Waals surface area contributed by atoms with Gasteiger partial charge < -0.3 is 4.74 Å². The molecule has 0 saturated carbocycles. The second-order valence-corrected chi connectivity index (χ2v) is 11.0. The maximum Gasteiger partial charge on any atom is 0.249 e. The fraction of sp³-hybridized carbons (Fsp3) is 0.409. The van der Waals surface area contributed by atoms with Crippen LogP contribution < -0.4 is 15.8 Å². The highest BCUT2D eigenvalue weighted by atomic mass is 32.2. The monoisotopic (exact) mass is 468 g/mol. The zero-order chi connectivity index (χ0) is 22.0. The largest absolute Gasteiger partial charge is 0.370 e. The molecule has 8 nitrogen and oxygen atoms in total. The first-order valence-corrected chi connectivity index (χ1v) is 12.5. The number of fused-ring (bicyclic) bond motifs is 8. The molecule has 3 aliphatic heterocycles. The van der Waals surface area contributed by atoms with E-state index >= 15 is 0 Å². The van der Waals surface area contributed by atoms with E-state index in [0.29, 0.717) is 17.9 Å². The number of benzene rings is 1. The summed E-state index contributed by atoms with van der Waals surface area (Å²) in [5.41, 5.74) is 6.61. The van der Waals surface area contributed by atoms with Crippen molar-refractivity contribution in [2.24, 2.45) is 0 Å². The van der Waals surface area contributed by atoms with Crippen LogP contribution in [-0.4, -0.2) is 38.1 Å². The Balaban J connectivity index is 1.40. The van der Waals surface area contributed by atoms with E-state index in [1.54, 1.807) is 11.3 Å². The fourth-order valence-electron chi connectivity index (χ4n) is 4.55. The second kappa shape index (κ2) is 7.39. The number of thioether (sulfide) groups is 1. The van der Waals surface area contributed by atoms with Crippen molar-refractivity contribution in [3.05, 3.63) is 51.9 Å². The van der Waals surface area contributed by atoms with Crippen LogP contribution in [0.3, 0.4) is 0 Å². The molecule has 2 N–H and O–H groups in total. The first kappa shape index (κ1) is 20.4. The number of thiophene rings is 1. The summed E-state index contributed by atoms with van der Waals surface area (Å²) in [6, 6.07) is 9.38. The van der Waals surface area contributed by atoms with Crippen molar-refractivity contribution >= 4 is 34.8 Å². The van der Waals surface area contributed by atoms with Crippen LogP contribution in [0.5, 0.6) is 0 Å². The zero-order valence-electron chi connectivity index (χ0n) is 18.1. The minimum atomic E-state index is -0.197. The number of hydrazine groups is 1. The van der Waals surface area contributed by atoms with Gasteiger partial charge in [0.15, 0.2) is 10.9 Å². The van der Waals surface area contributed by atoms with E-state index in [0.717, 1.165) is 22.5 Å². The van der Waals surface area contributed by atoms with Crippen molar-refractivity contribution in [2.45, 2.75) is 56.9 Å². The van der Waals surface area contributed by atoms with Gasteiger partial charge in [-0.25, -0.2) is 9.99 Å². The van der Waals surface area contributed by atoms with Crippen LogP contribution in [0, 0.1) is 0 Å². The van der Waals surface area contributed by atoms with Gasteiger partial charge in [-0.05, 0) is 26.3 Å². The minimum Gasteiger partial charge on any atom is -0.370 e. The number of rotatable bonds is 4. The summed E-state index contributed by atoms with van der Waals surface area (Å²) in [5.74, 6) is 1.13. The predicted molar refractivity (Wildman–Crippen MR) is 124 cm³/mol. The molecular weight excluding hydrogens is 444 g/mol. The second-order valence-electron chi connectivity index (χ2n) is 8.93. The number of carbonyl (C=O) groups is 1. The summed E-state index contributed by atoms with van der Waals surface area (Å²) in [6.45, 7) is 7.00. The molecule has 32 heavy (non-hydrogen) atoms. The van der Waals surface area contributed by atoms with Gasteiger partial charge in [-0.3, -0.25) is 15.1 Å². The molecule has 3 aliphatic rings. The summed E-state index contributed by atoms with van der Waals surface area (Å²) < 4.78 is 8.19. The van der Waals surface area contributed by atoms with Crippen LogP contribution in [0.4, 0.5) is 5.95 Å². The summed E-state index contributed by atoms with van der Waals surface area (Å²) in [4.78, 5) is 13.9. The molecule has 2 atom stereocenters. The van der Waals surface area contributed by atoms with E-state index in [4.69, 9.17) is 4.74 Å². The Bertz CT molecular complexity index is 1200. The number of hydrogen-bond acceptors (Lipinski definition) is 9. The summed E-state index contributed by atoms with van der Waals surface area (Å²) in [5, 5.41) is 16.5. The molecule has 0 aliphatic carbocycles. The van der Waals surface area contributed by atoms with Gasteiger partial charge in [-0.1, -0.05) is 42.1 Å². The first-order chi connectivity index (χ1) is 15.4. The van der Waals surface area contributed by atoms with Crippen molar-refractivity contribution in [1.29, 1.82) is 0 Å². The van der Waals surface area contributed by atoms with Gasteiger partial charge in [0, 0.05) is 22.4 Å². The lowest BCUT2D eigenvalue weighted by Gasteiger charge is -2.34. The molecule has 2 aromatic heterocycles. The zero-order valence-corrected chi connectivity index (χ0v) is 19.7. The molecule has 1 saturated heterocycles. The van der Waals surface area contributed by atoms with Crippen molar-refractivity contribution < 1.29 is 9.53 Å². The van der Waals surface area contributed by atoms with E-state index in [-0.39, 0.29) is 23.7 Å². The van der Waals surface area contributed by atoms with Crippen LogP contribution in [0.15, 0.2) is 35.5 Å². The third-order valence-electron chi connectivity index (χ3n) is 6.04. The lowest BCUT2D eigenvalue weighted by atomic mass is 9.92. The van der Waals surface area contributed by atoms with Gasteiger partial charge in [0.2, 0.25) is 5.95 Å². The Hall–Kier alpha value is -2.24. The number of carbonyl (C=O) groups excluding carboxylic acids is 1. The number of Topliss-reactive ketones (excluding diaryl/α,β-unsaturated/α-hetero) is 1. The van der Waals surface area contributed by atoms with E-state index in [1.165, 1.54) is 27.8 Å². The van der Waals surface area contributed by atoms with Gasteiger partial charge >= 0.3 is 0 Å². The molecule has 10 heteroatoms. The maximum absolute atomic E-state index is 12.7. The lowest BCUT2D eigenvalue weighted by Crippen LogP contribution is -2.40. The molecule has 6 rings (SSSR count). The van der Waals surface area contributed by atoms with Crippen LogP contribution >= 0.6 is 23.1 Å². The maximum atomic E-state index is 12.7. The number of ether oxygens (including phenoxy) is 1. The fourth-order valence-corrected chi connectivity index (χ4v) is 6.70. The van der Waals surface area contributed by atoms with Gasteiger partial charge in [-0.2, -0.15) is 0 Å².